The summed E-state index contributed by atoms with van der Waals surface area (Å²) in [4.78, 5) is 23.9. The summed E-state index contributed by atoms with van der Waals surface area (Å²) in [6.45, 7) is 4.59. The number of carbonyl (C=O) groups is 2. The van der Waals surface area contributed by atoms with Crippen LogP contribution in [0.2, 0.25) is 0 Å². The molecule has 0 aromatic heterocycles. The Morgan fingerprint density at radius 3 is 2.44 bits per heavy atom. The van der Waals surface area contributed by atoms with Gasteiger partial charge in [0.25, 0.3) is 0 Å². The molecule has 18 heavy (non-hydrogen) atoms. The van der Waals surface area contributed by atoms with Gasteiger partial charge in [-0.25, -0.2) is 4.79 Å². The van der Waals surface area contributed by atoms with Crippen LogP contribution in [0.4, 0.5) is 5.69 Å². The number of anilines is 1. The number of nitrogens with zero attached hydrogens (tertiary/aromatic N) is 1. The Balaban J connectivity index is 3.11. The lowest BCUT2D eigenvalue weighted by molar-refractivity contribution is -0.116. The van der Waals surface area contributed by atoms with Gasteiger partial charge in [0, 0.05) is 6.54 Å². The summed E-state index contributed by atoms with van der Waals surface area (Å²) >= 11 is 0. The van der Waals surface area contributed by atoms with Crippen molar-refractivity contribution >= 4 is 17.6 Å². The number of primary amides is 1. The van der Waals surface area contributed by atoms with Crippen LogP contribution in [-0.4, -0.2) is 30.1 Å². The van der Waals surface area contributed by atoms with E-state index in [2.05, 4.69) is 0 Å². The third-order valence-corrected chi connectivity index (χ3v) is 2.41. The van der Waals surface area contributed by atoms with Crippen molar-refractivity contribution in [2.45, 2.75) is 13.8 Å². The van der Waals surface area contributed by atoms with Crippen LogP contribution in [-0.2, 0) is 4.79 Å². The monoisotopic (exact) mass is 250 g/mol. The maximum absolute atomic E-state index is 11.2. The van der Waals surface area contributed by atoms with Crippen molar-refractivity contribution in [1.29, 1.82) is 0 Å². The number of carboxylic acid groups (broad SMARTS) is 1. The highest BCUT2D eigenvalue weighted by atomic mass is 16.4. The van der Waals surface area contributed by atoms with Crippen LogP contribution in [0.3, 0.4) is 0 Å². The molecule has 5 nitrogen and oxygen atoms in total. The molecular formula is C13H18N2O3. The number of hydrogen-bond donors (Lipinski definition) is 2. The van der Waals surface area contributed by atoms with Crippen molar-refractivity contribution in [2.24, 2.45) is 11.7 Å². The second-order valence-corrected chi connectivity index (χ2v) is 4.56. The summed E-state index contributed by atoms with van der Waals surface area (Å²) in [5.41, 5.74) is 5.91. The molecule has 0 aliphatic carbocycles. The van der Waals surface area contributed by atoms with Crippen LogP contribution in [0.1, 0.15) is 24.2 Å². The number of rotatable bonds is 6. The van der Waals surface area contributed by atoms with Gasteiger partial charge in [-0.2, -0.15) is 0 Å². The van der Waals surface area contributed by atoms with Crippen LogP contribution in [0.15, 0.2) is 24.3 Å². The lowest BCUT2D eigenvalue weighted by atomic mass is 10.1. The van der Waals surface area contributed by atoms with E-state index in [1.165, 1.54) is 6.07 Å². The lowest BCUT2D eigenvalue weighted by Gasteiger charge is -2.26. The van der Waals surface area contributed by atoms with Gasteiger partial charge in [-0.3, -0.25) is 4.79 Å². The zero-order chi connectivity index (χ0) is 13.7. The molecule has 0 spiro atoms. The van der Waals surface area contributed by atoms with E-state index in [0.29, 0.717) is 18.2 Å². The van der Waals surface area contributed by atoms with Gasteiger partial charge < -0.3 is 15.7 Å². The van der Waals surface area contributed by atoms with Crippen LogP contribution in [0, 0.1) is 5.92 Å². The van der Waals surface area contributed by atoms with E-state index >= 15 is 0 Å². The van der Waals surface area contributed by atoms with Crippen LogP contribution >= 0.6 is 0 Å². The van der Waals surface area contributed by atoms with Crippen molar-refractivity contribution in [3.63, 3.8) is 0 Å². The molecule has 0 aliphatic heterocycles. The lowest BCUT2D eigenvalue weighted by Crippen LogP contribution is -2.37. The Kier molecular flexibility index (Phi) is 4.71. The summed E-state index contributed by atoms with van der Waals surface area (Å²) in [7, 11) is 0. The first-order chi connectivity index (χ1) is 8.41. The molecule has 1 rings (SSSR count). The molecule has 1 aromatic rings. The molecular weight excluding hydrogens is 232 g/mol. The average Bonchev–Trinajstić information content (AvgIpc) is 2.26. The smallest absolute Gasteiger partial charge is 0.337 e. The average molecular weight is 250 g/mol. The van der Waals surface area contributed by atoms with Gasteiger partial charge in [-0.1, -0.05) is 26.0 Å². The fraction of sp³-hybridized carbons (Fsp3) is 0.385. The second kappa shape index (κ2) is 6.05. The van der Waals surface area contributed by atoms with E-state index in [1.54, 1.807) is 23.1 Å². The molecule has 5 heteroatoms. The predicted octanol–water partition coefficient (Wildman–Crippen LogP) is 1.33. The highest BCUT2D eigenvalue weighted by molar-refractivity contribution is 5.95. The fourth-order valence-electron chi connectivity index (χ4n) is 1.81. The number of benzene rings is 1. The van der Waals surface area contributed by atoms with Crippen molar-refractivity contribution in [3.05, 3.63) is 29.8 Å². The van der Waals surface area contributed by atoms with Gasteiger partial charge in [0.15, 0.2) is 0 Å². The minimum atomic E-state index is -1.01. The standard InChI is InChI=1S/C13H18N2O3/c1-9(2)7-15(8-12(14)16)11-6-4-3-5-10(11)13(17)18/h3-6,9H,7-8H2,1-2H3,(H2,14,16)(H,17,18). The molecule has 0 saturated heterocycles. The molecule has 3 N–H and O–H groups in total. The third-order valence-electron chi connectivity index (χ3n) is 2.41. The minimum absolute atomic E-state index is 0.0163. The van der Waals surface area contributed by atoms with E-state index in [9.17, 15) is 9.59 Å². The van der Waals surface area contributed by atoms with Crippen molar-refractivity contribution in [1.82, 2.24) is 0 Å². The van der Waals surface area contributed by atoms with E-state index in [-0.39, 0.29) is 12.1 Å². The highest BCUT2D eigenvalue weighted by Crippen LogP contribution is 2.21. The van der Waals surface area contributed by atoms with E-state index < -0.39 is 11.9 Å². The first-order valence-corrected chi connectivity index (χ1v) is 5.77. The van der Waals surface area contributed by atoms with Crippen LogP contribution in [0.25, 0.3) is 0 Å². The number of amides is 1. The van der Waals surface area contributed by atoms with E-state index in [0.717, 1.165) is 0 Å². The Morgan fingerprint density at radius 2 is 1.94 bits per heavy atom. The molecule has 98 valence electrons. The molecule has 0 aliphatic rings. The van der Waals surface area contributed by atoms with Crippen molar-refractivity contribution in [2.75, 3.05) is 18.0 Å². The Bertz CT molecular complexity index is 444. The summed E-state index contributed by atoms with van der Waals surface area (Å²) in [6, 6.07) is 6.61. The molecule has 0 fully saturated rings. The van der Waals surface area contributed by atoms with Gasteiger partial charge in [0.1, 0.15) is 0 Å². The number of carbonyl (C=O) groups excluding carboxylic acids is 1. The van der Waals surface area contributed by atoms with Crippen molar-refractivity contribution in [3.8, 4) is 0 Å². The Morgan fingerprint density at radius 1 is 1.33 bits per heavy atom. The van der Waals surface area contributed by atoms with Crippen LogP contribution < -0.4 is 10.6 Å². The molecule has 0 bridgehead atoms. The maximum atomic E-state index is 11.2. The van der Waals surface area contributed by atoms with E-state index in [1.807, 2.05) is 13.8 Å². The predicted molar refractivity (Wildman–Crippen MR) is 69.6 cm³/mol. The van der Waals surface area contributed by atoms with Gasteiger partial charge >= 0.3 is 5.97 Å². The second-order valence-electron chi connectivity index (χ2n) is 4.56. The molecule has 0 heterocycles. The number of carboxylic acids is 1. The minimum Gasteiger partial charge on any atom is -0.478 e. The first-order valence-electron chi connectivity index (χ1n) is 5.77. The molecule has 0 unspecified atom stereocenters. The molecule has 1 aromatic carbocycles. The fourth-order valence-corrected chi connectivity index (χ4v) is 1.81. The maximum Gasteiger partial charge on any atom is 0.337 e. The summed E-state index contributed by atoms with van der Waals surface area (Å²) in [6.07, 6.45) is 0. The SMILES string of the molecule is CC(C)CN(CC(N)=O)c1ccccc1C(=O)O. The largest absolute Gasteiger partial charge is 0.478 e. The van der Waals surface area contributed by atoms with Gasteiger partial charge in [-0.15, -0.1) is 0 Å². The number of aromatic carboxylic acids is 1. The van der Waals surface area contributed by atoms with Crippen molar-refractivity contribution < 1.29 is 14.7 Å². The number of nitrogens with two attached hydrogens (primary N) is 1. The van der Waals surface area contributed by atoms with E-state index in [4.69, 9.17) is 10.8 Å². The third kappa shape index (κ3) is 3.76. The number of hydrogen-bond acceptors (Lipinski definition) is 3. The zero-order valence-corrected chi connectivity index (χ0v) is 10.6. The Hall–Kier alpha value is -2.04. The molecule has 1 amide bonds. The quantitative estimate of drug-likeness (QED) is 0.797. The topological polar surface area (TPSA) is 83.6 Å². The molecule has 0 saturated carbocycles. The highest BCUT2D eigenvalue weighted by Gasteiger charge is 2.17. The first kappa shape index (κ1) is 14.0. The van der Waals surface area contributed by atoms with Gasteiger partial charge in [0.05, 0.1) is 17.8 Å². The summed E-state index contributed by atoms with van der Waals surface area (Å²) in [5.74, 6) is -1.19. The van der Waals surface area contributed by atoms with Gasteiger partial charge in [0.2, 0.25) is 5.91 Å². The van der Waals surface area contributed by atoms with Gasteiger partial charge in [-0.05, 0) is 18.1 Å². The summed E-state index contributed by atoms with van der Waals surface area (Å²) in [5, 5.41) is 9.14. The molecule has 0 atom stereocenters. The van der Waals surface area contributed by atoms with Crippen LogP contribution in [0.5, 0.6) is 0 Å². The Labute approximate surface area is 106 Å². The zero-order valence-electron chi connectivity index (χ0n) is 10.6. The normalized spacial score (nSPS) is 10.4. The number of para-hydroxylation sites is 1. The summed E-state index contributed by atoms with van der Waals surface area (Å²) < 4.78 is 0. The molecule has 0 radical (unpaired) electrons.